The summed E-state index contributed by atoms with van der Waals surface area (Å²) in [5.41, 5.74) is 4.95. The number of aryl methyl sites for hydroxylation is 1. The molecule has 34 heavy (non-hydrogen) atoms. The van der Waals surface area contributed by atoms with Crippen LogP contribution < -0.4 is 15.0 Å². The summed E-state index contributed by atoms with van der Waals surface area (Å²) in [5.74, 6) is 1.31. The van der Waals surface area contributed by atoms with Crippen LogP contribution in [0, 0.1) is 13.8 Å². The topological polar surface area (TPSA) is 57.8 Å². The van der Waals surface area contributed by atoms with Crippen molar-refractivity contribution < 1.29 is 9.47 Å². The summed E-state index contributed by atoms with van der Waals surface area (Å²) in [5, 5.41) is 0. The Balaban J connectivity index is 1.58. The van der Waals surface area contributed by atoms with Gasteiger partial charge in [0.25, 0.3) is 5.56 Å². The molecule has 6 nitrogen and oxygen atoms in total. The first kappa shape index (κ1) is 23.1. The molecule has 0 bridgehead atoms. The third-order valence-electron chi connectivity index (χ3n) is 5.65. The van der Waals surface area contributed by atoms with Gasteiger partial charge in [0, 0.05) is 13.3 Å². The highest BCUT2D eigenvalue weighted by Crippen LogP contribution is 2.29. The van der Waals surface area contributed by atoms with E-state index in [-0.39, 0.29) is 5.56 Å². The predicted molar refractivity (Wildman–Crippen MR) is 136 cm³/mol. The lowest BCUT2D eigenvalue weighted by Crippen LogP contribution is -2.19. The molecule has 4 rings (SSSR count). The Hall–Kier alpha value is -4.06. The number of benzene rings is 3. The minimum absolute atomic E-state index is 0.162. The van der Waals surface area contributed by atoms with Crippen molar-refractivity contribution in [2.45, 2.75) is 27.4 Å². The Morgan fingerprint density at radius 2 is 1.65 bits per heavy atom. The Labute approximate surface area is 199 Å². The summed E-state index contributed by atoms with van der Waals surface area (Å²) in [6.07, 6.45) is 1.69. The maximum Gasteiger partial charge on any atom is 0.297 e. The lowest BCUT2D eigenvalue weighted by molar-refractivity contribution is 0.269. The Bertz CT molecular complexity index is 1350. The third-order valence-corrected chi connectivity index (χ3v) is 5.65. The van der Waals surface area contributed by atoms with Crippen LogP contribution in [0.1, 0.15) is 29.3 Å². The van der Waals surface area contributed by atoms with Crippen molar-refractivity contribution in [3.63, 3.8) is 0 Å². The first-order valence-corrected chi connectivity index (χ1v) is 11.3. The van der Waals surface area contributed by atoms with E-state index in [2.05, 4.69) is 36.2 Å². The summed E-state index contributed by atoms with van der Waals surface area (Å²) >= 11 is 0. The second-order valence-electron chi connectivity index (χ2n) is 8.08. The van der Waals surface area contributed by atoms with E-state index in [1.54, 1.807) is 10.9 Å². The zero-order valence-corrected chi connectivity index (χ0v) is 20.0. The van der Waals surface area contributed by atoms with Crippen molar-refractivity contribution in [1.29, 1.82) is 0 Å². The van der Waals surface area contributed by atoms with Crippen LogP contribution in [-0.4, -0.2) is 22.2 Å². The monoisotopic (exact) mass is 455 g/mol. The highest BCUT2D eigenvalue weighted by atomic mass is 16.5. The van der Waals surface area contributed by atoms with Gasteiger partial charge < -0.3 is 9.47 Å². The Morgan fingerprint density at radius 3 is 2.35 bits per heavy atom. The molecule has 174 valence electrons. The lowest BCUT2D eigenvalue weighted by atomic mass is 10.1. The number of aliphatic imine (C=N–C) groups is 1. The molecule has 4 aromatic rings. The van der Waals surface area contributed by atoms with E-state index in [4.69, 9.17) is 9.47 Å². The Morgan fingerprint density at radius 1 is 0.912 bits per heavy atom. The summed E-state index contributed by atoms with van der Waals surface area (Å²) in [6, 6.07) is 23.5. The SMILES string of the molecule is CCOc1cc(C=Nc2c(C)n(C)n(-c3ccccc3)c2=O)ccc1OCc1ccc(C)cc1. The Kier molecular flexibility index (Phi) is 6.97. The van der Waals surface area contributed by atoms with Crippen molar-refractivity contribution in [1.82, 2.24) is 9.36 Å². The van der Waals surface area contributed by atoms with E-state index in [1.165, 1.54) is 5.56 Å². The fourth-order valence-corrected chi connectivity index (χ4v) is 3.68. The molecule has 3 aromatic carbocycles. The zero-order valence-electron chi connectivity index (χ0n) is 20.0. The van der Waals surface area contributed by atoms with Crippen LogP contribution in [0.25, 0.3) is 5.69 Å². The van der Waals surface area contributed by atoms with Gasteiger partial charge in [-0.3, -0.25) is 9.48 Å². The van der Waals surface area contributed by atoms with Gasteiger partial charge in [-0.1, -0.05) is 48.0 Å². The minimum atomic E-state index is -0.162. The summed E-state index contributed by atoms with van der Waals surface area (Å²) in [7, 11) is 1.86. The maximum absolute atomic E-state index is 13.1. The standard InChI is InChI=1S/C28H29N3O3/c1-5-33-26-17-23(15-16-25(26)34-19-22-13-11-20(2)12-14-22)18-29-27-21(3)30(4)31(28(27)32)24-9-7-6-8-10-24/h6-18H,5,19H2,1-4H3. The fourth-order valence-electron chi connectivity index (χ4n) is 3.68. The molecule has 0 aliphatic rings. The van der Waals surface area contributed by atoms with E-state index >= 15 is 0 Å². The number of ether oxygens (including phenoxy) is 2. The highest BCUT2D eigenvalue weighted by molar-refractivity contribution is 5.83. The molecule has 0 aliphatic carbocycles. The van der Waals surface area contributed by atoms with Gasteiger partial charge in [0.2, 0.25) is 0 Å². The van der Waals surface area contributed by atoms with Gasteiger partial charge in [0.05, 0.1) is 18.0 Å². The predicted octanol–water partition coefficient (Wildman–Crippen LogP) is 5.52. The van der Waals surface area contributed by atoms with Crippen LogP contribution in [0.2, 0.25) is 0 Å². The van der Waals surface area contributed by atoms with E-state index in [0.717, 1.165) is 22.5 Å². The number of para-hydroxylation sites is 1. The average Bonchev–Trinajstić information content (AvgIpc) is 3.06. The zero-order chi connectivity index (χ0) is 24.1. The number of hydrogen-bond donors (Lipinski definition) is 0. The normalized spacial score (nSPS) is 11.2. The molecule has 0 amide bonds. The van der Waals surface area contributed by atoms with Gasteiger partial charge in [-0.05, 0) is 62.2 Å². The second kappa shape index (κ2) is 10.3. The van der Waals surface area contributed by atoms with Crippen LogP contribution >= 0.6 is 0 Å². The van der Waals surface area contributed by atoms with E-state index < -0.39 is 0 Å². The van der Waals surface area contributed by atoms with Gasteiger partial charge in [-0.25, -0.2) is 9.67 Å². The fraction of sp³-hybridized carbons (Fsp3) is 0.214. The molecular weight excluding hydrogens is 426 g/mol. The molecule has 0 atom stereocenters. The molecule has 0 spiro atoms. The summed E-state index contributed by atoms with van der Waals surface area (Å²) in [4.78, 5) is 17.6. The van der Waals surface area contributed by atoms with Crippen LogP contribution in [-0.2, 0) is 13.7 Å². The first-order chi connectivity index (χ1) is 16.5. The molecule has 0 unspecified atom stereocenters. The van der Waals surface area contributed by atoms with Gasteiger partial charge in [0.15, 0.2) is 17.2 Å². The molecule has 0 saturated heterocycles. The van der Waals surface area contributed by atoms with Crippen LogP contribution in [0.5, 0.6) is 11.5 Å². The van der Waals surface area contributed by atoms with Gasteiger partial charge >= 0.3 is 0 Å². The van der Waals surface area contributed by atoms with Crippen LogP contribution in [0.4, 0.5) is 5.69 Å². The smallest absolute Gasteiger partial charge is 0.297 e. The summed E-state index contributed by atoms with van der Waals surface area (Å²) in [6.45, 7) is 6.86. The first-order valence-electron chi connectivity index (χ1n) is 11.3. The number of hydrogen-bond acceptors (Lipinski definition) is 4. The molecule has 0 saturated carbocycles. The largest absolute Gasteiger partial charge is 0.490 e. The van der Waals surface area contributed by atoms with Crippen molar-refractivity contribution in [3.05, 3.63) is 106 Å². The average molecular weight is 456 g/mol. The minimum Gasteiger partial charge on any atom is -0.490 e. The van der Waals surface area contributed by atoms with E-state index in [0.29, 0.717) is 30.4 Å². The number of aromatic nitrogens is 2. The van der Waals surface area contributed by atoms with Crippen molar-refractivity contribution >= 4 is 11.9 Å². The number of nitrogens with zero attached hydrogens (tertiary/aromatic N) is 3. The summed E-state index contributed by atoms with van der Waals surface area (Å²) < 4.78 is 15.3. The maximum atomic E-state index is 13.1. The van der Waals surface area contributed by atoms with E-state index in [1.807, 2.05) is 74.1 Å². The quantitative estimate of drug-likeness (QED) is 0.329. The molecule has 1 heterocycles. The highest BCUT2D eigenvalue weighted by Gasteiger charge is 2.15. The third kappa shape index (κ3) is 4.96. The van der Waals surface area contributed by atoms with Crippen molar-refractivity contribution in [3.8, 4) is 17.2 Å². The molecular formula is C28H29N3O3. The van der Waals surface area contributed by atoms with Gasteiger partial charge in [0.1, 0.15) is 6.61 Å². The number of rotatable bonds is 8. The molecule has 0 fully saturated rings. The van der Waals surface area contributed by atoms with Crippen molar-refractivity contribution in [2.75, 3.05) is 6.61 Å². The van der Waals surface area contributed by atoms with Crippen molar-refractivity contribution in [2.24, 2.45) is 12.0 Å². The van der Waals surface area contributed by atoms with Gasteiger partial charge in [-0.2, -0.15) is 0 Å². The molecule has 1 aromatic heterocycles. The van der Waals surface area contributed by atoms with Crippen LogP contribution in [0.3, 0.4) is 0 Å². The van der Waals surface area contributed by atoms with Crippen LogP contribution in [0.15, 0.2) is 82.6 Å². The van der Waals surface area contributed by atoms with E-state index in [9.17, 15) is 4.79 Å². The molecule has 6 heteroatoms. The lowest BCUT2D eigenvalue weighted by Gasteiger charge is -2.12. The second-order valence-corrected chi connectivity index (χ2v) is 8.08. The molecule has 0 aliphatic heterocycles. The molecule has 0 N–H and O–H groups in total. The van der Waals surface area contributed by atoms with Gasteiger partial charge in [-0.15, -0.1) is 0 Å². The molecule has 0 radical (unpaired) electrons.